The summed E-state index contributed by atoms with van der Waals surface area (Å²) in [4.78, 5) is 0.0370. The number of hydrogen-bond acceptors (Lipinski definition) is 2. The molecule has 0 aliphatic carbocycles. The predicted octanol–water partition coefficient (Wildman–Crippen LogP) is 14.0. The molecule has 0 heterocycles. The van der Waals surface area contributed by atoms with Crippen LogP contribution in [0.2, 0.25) is 0 Å². The van der Waals surface area contributed by atoms with E-state index in [1.165, 1.54) is 218 Å². The zero-order valence-corrected chi connectivity index (χ0v) is 33.3. The minimum atomic E-state index is -4.20. The van der Waals surface area contributed by atoms with Gasteiger partial charge >= 0.3 is 0 Å². The average molecular weight is 693 g/mol. The molecule has 0 saturated heterocycles. The van der Waals surface area contributed by atoms with E-state index in [1.54, 1.807) is 6.07 Å². The normalized spacial score (nSPS) is 12.2. The van der Waals surface area contributed by atoms with Crippen molar-refractivity contribution in [3.8, 4) is 0 Å². The summed E-state index contributed by atoms with van der Waals surface area (Å²) in [6.07, 6.45) is 40.5. The van der Waals surface area contributed by atoms with Crippen molar-refractivity contribution in [3.63, 3.8) is 0 Å². The van der Waals surface area contributed by atoms with Gasteiger partial charge in [0.1, 0.15) is 6.54 Å². The first kappa shape index (κ1) is 45.1. The number of rotatable bonds is 36. The van der Waals surface area contributed by atoms with Gasteiger partial charge in [-0.2, -0.15) is 8.42 Å². The lowest BCUT2D eigenvalue weighted by Gasteiger charge is -2.39. The highest BCUT2D eigenvalue weighted by Gasteiger charge is 2.27. The van der Waals surface area contributed by atoms with E-state index in [1.807, 2.05) is 6.07 Å². The minimum absolute atomic E-state index is 0.0370. The van der Waals surface area contributed by atoms with Gasteiger partial charge in [-0.1, -0.05) is 187 Å². The van der Waals surface area contributed by atoms with Crippen molar-refractivity contribution in [2.24, 2.45) is 0 Å². The van der Waals surface area contributed by atoms with Gasteiger partial charge < -0.3 is 4.48 Å². The van der Waals surface area contributed by atoms with Crippen molar-refractivity contribution in [1.29, 1.82) is 0 Å². The Bertz CT molecular complexity index is 887. The molecule has 5 heteroatoms. The first-order valence-corrected chi connectivity index (χ1v) is 22.7. The Morgan fingerprint density at radius 2 is 0.750 bits per heavy atom. The number of benzene rings is 1. The van der Waals surface area contributed by atoms with Crippen LogP contribution in [0.5, 0.6) is 0 Å². The van der Waals surface area contributed by atoms with Crippen LogP contribution in [0.1, 0.15) is 219 Å². The summed E-state index contributed by atoms with van der Waals surface area (Å²) in [5.74, 6) is 0. The fourth-order valence-corrected chi connectivity index (χ4v) is 8.12. The number of nitrogens with zero attached hydrogens (tertiary/aromatic N) is 1. The summed E-state index contributed by atoms with van der Waals surface area (Å²) in [5, 5.41) is 0. The Hall–Kier alpha value is -0.910. The summed E-state index contributed by atoms with van der Waals surface area (Å²) < 4.78 is 34.9. The SMILES string of the molecule is CCCCCCCCCCCC[N+](CCCCCCCCCCCC)(CCCCCCCCCCCC)Cc1cccc(S(=O)(=O)O)c1. The molecule has 0 unspecified atom stereocenters. The van der Waals surface area contributed by atoms with Crippen molar-refractivity contribution in [3.05, 3.63) is 29.8 Å². The van der Waals surface area contributed by atoms with Crippen LogP contribution < -0.4 is 0 Å². The molecule has 0 aliphatic rings. The van der Waals surface area contributed by atoms with Gasteiger partial charge in [-0.05, 0) is 50.7 Å². The van der Waals surface area contributed by atoms with E-state index < -0.39 is 10.1 Å². The van der Waals surface area contributed by atoms with E-state index in [9.17, 15) is 13.0 Å². The van der Waals surface area contributed by atoms with E-state index in [0.29, 0.717) is 0 Å². The predicted molar refractivity (Wildman–Crippen MR) is 210 cm³/mol. The summed E-state index contributed by atoms with van der Waals surface area (Å²) in [6.45, 7) is 11.3. The molecule has 0 aliphatic heterocycles. The van der Waals surface area contributed by atoms with Crippen LogP contribution in [0.4, 0.5) is 0 Å². The lowest BCUT2D eigenvalue weighted by molar-refractivity contribution is -0.941. The maximum absolute atomic E-state index is 12.0. The lowest BCUT2D eigenvalue weighted by atomic mass is 10.0. The van der Waals surface area contributed by atoms with Crippen molar-refractivity contribution in [1.82, 2.24) is 0 Å². The molecule has 0 radical (unpaired) electrons. The van der Waals surface area contributed by atoms with Crippen LogP contribution >= 0.6 is 0 Å². The molecule has 0 saturated carbocycles. The Labute approximate surface area is 301 Å². The first-order valence-electron chi connectivity index (χ1n) is 21.3. The Morgan fingerprint density at radius 1 is 0.458 bits per heavy atom. The van der Waals surface area contributed by atoms with Gasteiger partial charge in [-0.25, -0.2) is 0 Å². The number of hydrogen-bond donors (Lipinski definition) is 1. The fourth-order valence-electron chi connectivity index (χ4n) is 7.57. The molecule has 48 heavy (non-hydrogen) atoms. The zero-order valence-electron chi connectivity index (χ0n) is 32.5. The molecular formula is C43H82NO3S+. The standard InChI is InChI=1S/C43H81NO3S/c1-4-7-10-13-16-19-22-25-28-31-37-44(38-32-29-26-23-20-17-14-11-8-5-2,39-33-30-27-24-21-18-15-12-9-6-3)41-42-35-34-36-43(40-42)48(45,46)47/h34-36,40H,4-33,37-39,41H2,1-3H3/p+1. The zero-order chi connectivity index (χ0) is 35.0. The molecule has 4 nitrogen and oxygen atoms in total. The molecule has 0 fully saturated rings. The Balaban J connectivity index is 2.82. The van der Waals surface area contributed by atoms with Gasteiger partial charge in [-0.3, -0.25) is 4.55 Å². The van der Waals surface area contributed by atoms with E-state index >= 15 is 0 Å². The molecule has 1 N–H and O–H groups in total. The van der Waals surface area contributed by atoms with Gasteiger partial charge in [0.15, 0.2) is 0 Å². The van der Waals surface area contributed by atoms with Gasteiger partial charge in [0.05, 0.1) is 24.5 Å². The van der Waals surface area contributed by atoms with Crippen LogP contribution in [-0.4, -0.2) is 37.1 Å². The second-order valence-corrected chi connectivity index (χ2v) is 16.8. The summed E-state index contributed by atoms with van der Waals surface area (Å²) in [6, 6.07) is 7.16. The third-order valence-corrected chi connectivity index (χ3v) is 11.5. The van der Waals surface area contributed by atoms with Crippen molar-refractivity contribution in [2.45, 2.75) is 225 Å². The molecule has 0 spiro atoms. The molecular weight excluding hydrogens is 611 g/mol. The third-order valence-electron chi connectivity index (χ3n) is 10.7. The van der Waals surface area contributed by atoms with Crippen LogP contribution in [0, 0.1) is 0 Å². The van der Waals surface area contributed by atoms with Crippen molar-refractivity contribution in [2.75, 3.05) is 19.6 Å². The van der Waals surface area contributed by atoms with Gasteiger partial charge in [-0.15, -0.1) is 0 Å². The van der Waals surface area contributed by atoms with Gasteiger partial charge in [0, 0.05) is 5.56 Å². The molecule has 0 aromatic heterocycles. The van der Waals surface area contributed by atoms with Crippen molar-refractivity contribution < 1.29 is 17.5 Å². The smallest absolute Gasteiger partial charge is 0.294 e. The van der Waals surface area contributed by atoms with Gasteiger partial charge in [0.25, 0.3) is 10.1 Å². The highest BCUT2D eigenvalue weighted by molar-refractivity contribution is 7.85. The molecule has 0 amide bonds. The van der Waals surface area contributed by atoms with E-state index in [0.717, 1.165) is 16.6 Å². The Morgan fingerprint density at radius 3 is 1.04 bits per heavy atom. The molecule has 1 aromatic rings. The Kier molecular flexibility index (Phi) is 29.0. The fraction of sp³-hybridized carbons (Fsp3) is 0.860. The molecule has 282 valence electrons. The first-order chi connectivity index (χ1) is 23.4. The second kappa shape index (κ2) is 30.9. The summed E-state index contributed by atoms with van der Waals surface area (Å²) in [7, 11) is -4.20. The highest BCUT2D eigenvalue weighted by Crippen LogP contribution is 2.24. The maximum atomic E-state index is 12.0. The average Bonchev–Trinajstić information content (AvgIpc) is 3.07. The van der Waals surface area contributed by atoms with E-state index in [-0.39, 0.29) is 4.90 Å². The van der Waals surface area contributed by atoms with Crippen LogP contribution in [0.3, 0.4) is 0 Å². The lowest BCUT2D eigenvalue weighted by Crippen LogP contribution is -2.49. The number of quaternary nitrogens is 1. The molecule has 0 atom stereocenters. The second-order valence-electron chi connectivity index (χ2n) is 15.3. The summed E-state index contributed by atoms with van der Waals surface area (Å²) in [5.41, 5.74) is 1.05. The topological polar surface area (TPSA) is 54.4 Å². The third kappa shape index (κ3) is 25.1. The van der Waals surface area contributed by atoms with Crippen LogP contribution in [-0.2, 0) is 16.7 Å². The van der Waals surface area contributed by atoms with E-state index in [4.69, 9.17) is 0 Å². The van der Waals surface area contributed by atoms with Gasteiger partial charge in [0.2, 0.25) is 0 Å². The van der Waals surface area contributed by atoms with Crippen molar-refractivity contribution >= 4 is 10.1 Å². The largest absolute Gasteiger partial charge is 0.320 e. The minimum Gasteiger partial charge on any atom is -0.320 e. The quantitative estimate of drug-likeness (QED) is 0.0433. The van der Waals surface area contributed by atoms with Crippen LogP contribution in [0.15, 0.2) is 29.2 Å². The molecule has 0 bridgehead atoms. The van der Waals surface area contributed by atoms with Crippen LogP contribution in [0.25, 0.3) is 0 Å². The number of unbranched alkanes of at least 4 members (excludes halogenated alkanes) is 27. The summed E-state index contributed by atoms with van der Waals surface area (Å²) >= 11 is 0. The van der Waals surface area contributed by atoms with E-state index in [2.05, 4.69) is 26.8 Å². The highest BCUT2D eigenvalue weighted by atomic mass is 32.2. The molecule has 1 rings (SSSR count). The maximum Gasteiger partial charge on any atom is 0.294 e. The monoisotopic (exact) mass is 693 g/mol. The molecule has 1 aromatic carbocycles.